The Morgan fingerprint density at radius 2 is 1.96 bits per heavy atom. The van der Waals surface area contributed by atoms with E-state index < -0.39 is 0 Å². The monoisotopic (exact) mass is 346 g/mol. The van der Waals surface area contributed by atoms with Crippen LogP contribution in [0.2, 0.25) is 0 Å². The SMILES string of the molecule is O=C(Nc1ccc(Oc2ccccn2)cc1)c1cn[nH]c1-c1ccco1. The van der Waals surface area contributed by atoms with E-state index in [-0.39, 0.29) is 5.91 Å². The maximum Gasteiger partial charge on any atom is 0.259 e. The molecule has 0 aliphatic carbocycles. The number of hydrogen-bond donors (Lipinski definition) is 2. The Morgan fingerprint density at radius 3 is 2.69 bits per heavy atom. The number of carbonyl (C=O) groups excluding carboxylic acids is 1. The molecule has 7 nitrogen and oxygen atoms in total. The van der Waals surface area contributed by atoms with E-state index in [0.717, 1.165) is 0 Å². The van der Waals surface area contributed by atoms with Crippen molar-refractivity contribution in [2.75, 3.05) is 5.32 Å². The lowest BCUT2D eigenvalue weighted by molar-refractivity contribution is 0.102. The first-order valence-corrected chi connectivity index (χ1v) is 7.87. The molecule has 0 fully saturated rings. The fraction of sp³-hybridized carbons (Fsp3) is 0. The topological polar surface area (TPSA) is 93.0 Å². The predicted molar refractivity (Wildman–Crippen MR) is 95.0 cm³/mol. The van der Waals surface area contributed by atoms with Crippen LogP contribution in [0.25, 0.3) is 11.5 Å². The lowest BCUT2D eigenvalue weighted by atomic mass is 10.2. The summed E-state index contributed by atoms with van der Waals surface area (Å²) in [6, 6.07) is 16.0. The molecule has 3 aromatic heterocycles. The van der Waals surface area contributed by atoms with Crippen molar-refractivity contribution in [3.63, 3.8) is 0 Å². The number of nitrogens with one attached hydrogen (secondary N) is 2. The van der Waals surface area contributed by atoms with Gasteiger partial charge in [-0.25, -0.2) is 4.98 Å². The summed E-state index contributed by atoms with van der Waals surface area (Å²) in [5, 5.41) is 9.53. The lowest BCUT2D eigenvalue weighted by Crippen LogP contribution is -2.12. The zero-order valence-electron chi connectivity index (χ0n) is 13.5. The van der Waals surface area contributed by atoms with Crippen molar-refractivity contribution in [3.8, 4) is 23.1 Å². The summed E-state index contributed by atoms with van der Waals surface area (Å²) in [5.41, 5.74) is 1.56. The number of benzene rings is 1. The summed E-state index contributed by atoms with van der Waals surface area (Å²) in [7, 11) is 0. The molecule has 0 aliphatic rings. The van der Waals surface area contributed by atoms with Crippen LogP contribution in [-0.2, 0) is 0 Å². The third kappa shape index (κ3) is 3.32. The molecule has 4 rings (SSSR count). The molecule has 1 aromatic carbocycles. The highest BCUT2D eigenvalue weighted by Crippen LogP contribution is 2.24. The maximum atomic E-state index is 12.5. The van der Waals surface area contributed by atoms with Crippen LogP contribution in [0.1, 0.15) is 10.4 Å². The molecule has 0 bridgehead atoms. The normalized spacial score (nSPS) is 10.5. The van der Waals surface area contributed by atoms with Gasteiger partial charge in [-0.3, -0.25) is 9.89 Å². The van der Waals surface area contributed by atoms with Gasteiger partial charge in [-0.2, -0.15) is 5.10 Å². The molecule has 0 radical (unpaired) electrons. The van der Waals surface area contributed by atoms with E-state index in [1.54, 1.807) is 48.7 Å². The van der Waals surface area contributed by atoms with E-state index in [0.29, 0.717) is 34.3 Å². The summed E-state index contributed by atoms with van der Waals surface area (Å²) in [6.07, 6.45) is 4.66. The fourth-order valence-electron chi connectivity index (χ4n) is 2.40. The van der Waals surface area contributed by atoms with Gasteiger partial charge < -0.3 is 14.5 Å². The molecule has 1 amide bonds. The number of rotatable bonds is 5. The van der Waals surface area contributed by atoms with Crippen molar-refractivity contribution in [1.29, 1.82) is 0 Å². The molecule has 3 heterocycles. The first kappa shape index (κ1) is 15.6. The first-order valence-electron chi connectivity index (χ1n) is 7.87. The van der Waals surface area contributed by atoms with Crippen molar-refractivity contribution < 1.29 is 13.9 Å². The summed E-state index contributed by atoms with van der Waals surface area (Å²) < 4.78 is 10.9. The number of pyridine rings is 1. The second-order valence-corrected chi connectivity index (χ2v) is 5.38. The van der Waals surface area contributed by atoms with Crippen molar-refractivity contribution in [2.24, 2.45) is 0 Å². The zero-order valence-corrected chi connectivity index (χ0v) is 13.5. The highest BCUT2D eigenvalue weighted by molar-refractivity contribution is 6.07. The molecule has 128 valence electrons. The first-order chi connectivity index (χ1) is 12.8. The second-order valence-electron chi connectivity index (χ2n) is 5.38. The second kappa shape index (κ2) is 6.94. The van der Waals surface area contributed by atoms with Crippen molar-refractivity contribution in [2.45, 2.75) is 0 Å². The van der Waals surface area contributed by atoms with Gasteiger partial charge in [-0.1, -0.05) is 6.07 Å². The molecule has 0 aliphatic heterocycles. The van der Waals surface area contributed by atoms with Crippen LogP contribution in [0, 0.1) is 0 Å². The smallest absolute Gasteiger partial charge is 0.259 e. The maximum absolute atomic E-state index is 12.5. The number of amides is 1. The zero-order chi connectivity index (χ0) is 17.8. The van der Waals surface area contributed by atoms with Crippen LogP contribution in [0.3, 0.4) is 0 Å². The van der Waals surface area contributed by atoms with Crippen LogP contribution >= 0.6 is 0 Å². The summed E-state index contributed by atoms with van der Waals surface area (Å²) in [6.45, 7) is 0. The number of aromatic nitrogens is 3. The van der Waals surface area contributed by atoms with Crippen molar-refractivity contribution in [1.82, 2.24) is 15.2 Å². The van der Waals surface area contributed by atoms with Crippen LogP contribution < -0.4 is 10.1 Å². The van der Waals surface area contributed by atoms with Gasteiger partial charge in [-0.15, -0.1) is 0 Å². The van der Waals surface area contributed by atoms with Gasteiger partial charge in [-0.05, 0) is 42.5 Å². The highest BCUT2D eigenvalue weighted by atomic mass is 16.5. The Hall–Kier alpha value is -3.87. The lowest BCUT2D eigenvalue weighted by Gasteiger charge is -2.07. The predicted octanol–water partition coefficient (Wildman–Crippen LogP) is 4.11. The molecule has 0 saturated heterocycles. The number of carbonyl (C=O) groups is 1. The molecule has 26 heavy (non-hydrogen) atoms. The van der Waals surface area contributed by atoms with Gasteiger partial charge >= 0.3 is 0 Å². The van der Waals surface area contributed by atoms with E-state index >= 15 is 0 Å². The Bertz CT molecular complexity index is 993. The Morgan fingerprint density at radius 1 is 1.08 bits per heavy atom. The minimum Gasteiger partial charge on any atom is -0.463 e. The van der Waals surface area contributed by atoms with E-state index in [1.807, 2.05) is 12.1 Å². The summed E-state index contributed by atoms with van der Waals surface area (Å²) in [4.78, 5) is 16.6. The van der Waals surface area contributed by atoms with Crippen LogP contribution in [0.15, 0.2) is 77.7 Å². The number of hydrogen-bond acceptors (Lipinski definition) is 5. The third-order valence-electron chi connectivity index (χ3n) is 3.62. The Balaban J connectivity index is 1.46. The van der Waals surface area contributed by atoms with Gasteiger partial charge in [0.05, 0.1) is 18.0 Å². The average molecular weight is 346 g/mol. The van der Waals surface area contributed by atoms with E-state index in [2.05, 4.69) is 20.5 Å². The summed E-state index contributed by atoms with van der Waals surface area (Å²) in [5.74, 6) is 1.39. The molecular formula is C19H14N4O3. The van der Waals surface area contributed by atoms with Crippen LogP contribution in [-0.4, -0.2) is 21.1 Å². The molecule has 4 aromatic rings. The minimum atomic E-state index is -0.288. The highest BCUT2D eigenvalue weighted by Gasteiger charge is 2.17. The quantitative estimate of drug-likeness (QED) is 0.567. The van der Waals surface area contributed by atoms with E-state index in [1.165, 1.54) is 12.5 Å². The van der Waals surface area contributed by atoms with Gasteiger partial charge in [0, 0.05) is 18.0 Å². The van der Waals surface area contributed by atoms with Gasteiger partial charge in [0.1, 0.15) is 11.4 Å². The molecule has 7 heteroatoms. The molecule has 2 N–H and O–H groups in total. The van der Waals surface area contributed by atoms with Crippen LogP contribution in [0.5, 0.6) is 11.6 Å². The minimum absolute atomic E-state index is 0.288. The molecule has 0 saturated carbocycles. The van der Waals surface area contributed by atoms with E-state index in [4.69, 9.17) is 9.15 Å². The standard InChI is InChI=1S/C19H14N4O3/c24-19(15-12-21-23-18(15)16-4-3-11-25-16)22-13-6-8-14(9-7-13)26-17-5-1-2-10-20-17/h1-12H,(H,21,23)(H,22,24). The number of aromatic amines is 1. The van der Waals surface area contributed by atoms with Crippen LogP contribution in [0.4, 0.5) is 5.69 Å². The molecular weight excluding hydrogens is 332 g/mol. The average Bonchev–Trinajstić information content (AvgIpc) is 3.35. The van der Waals surface area contributed by atoms with E-state index in [9.17, 15) is 4.79 Å². The van der Waals surface area contributed by atoms with Gasteiger partial charge in [0.25, 0.3) is 5.91 Å². The number of H-pyrrole nitrogens is 1. The third-order valence-corrected chi connectivity index (χ3v) is 3.62. The van der Waals surface area contributed by atoms with Gasteiger partial charge in [0.15, 0.2) is 5.76 Å². The number of nitrogens with zero attached hydrogens (tertiary/aromatic N) is 2. The molecule has 0 atom stereocenters. The molecule has 0 spiro atoms. The van der Waals surface area contributed by atoms with Crippen molar-refractivity contribution >= 4 is 11.6 Å². The number of furan rings is 1. The fourth-order valence-corrected chi connectivity index (χ4v) is 2.40. The number of anilines is 1. The Labute approximate surface area is 148 Å². The Kier molecular flexibility index (Phi) is 4.17. The molecule has 0 unspecified atom stereocenters. The van der Waals surface area contributed by atoms with Crippen molar-refractivity contribution in [3.05, 3.63) is 78.8 Å². The number of ether oxygens (including phenoxy) is 1. The van der Waals surface area contributed by atoms with Gasteiger partial charge in [0.2, 0.25) is 5.88 Å². The summed E-state index contributed by atoms with van der Waals surface area (Å²) >= 11 is 0. The largest absolute Gasteiger partial charge is 0.463 e.